The largest absolute Gasteiger partial charge is 0.348 e. The minimum absolute atomic E-state index is 0.799. The van der Waals surface area contributed by atoms with Crippen molar-refractivity contribution in [3.05, 3.63) is 0 Å². The van der Waals surface area contributed by atoms with E-state index in [1.54, 1.807) is 21.1 Å². The van der Waals surface area contributed by atoms with Gasteiger partial charge in [0.2, 0.25) is 17.9 Å². The second-order valence-electron chi connectivity index (χ2n) is 8.50. The summed E-state index contributed by atoms with van der Waals surface area (Å²) in [6, 6.07) is 0. The molecule has 0 unspecified atom stereocenters. The molecule has 200 valence electrons. The van der Waals surface area contributed by atoms with Gasteiger partial charge in [0, 0.05) is 124 Å². The number of hydrogen-bond acceptors (Lipinski definition) is 7. The summed E-state index contributed by atoms with van der Waals surface area (Å²) >= 11 is 0. The van der Waals surface area contributed by atoms with Gasteiger partial charge in [0.05, 0.1) is 0 Å². The first-order valence-electron chi connectivity index (χ1n) is 11.6. The number of rotatable bonds is 12. The van der Waals surface area contributed by atoms with Crippen LogP contribution in [0, 0.1) is 0 Å². The normalized spacial score (nSPS) is 12.8. The van der Waals surface area contributed by atoms with Gasteiger partial charge < -0.3 is 14.7 Å². The summed E-state index contributed by atoms with van der Waals surface area (Å²) in [4.78, 5) is 21.4. The van der Waals surface area contributed by atoms with E-state index in [9.17, 15) is 0 Å². The standard InChI is InChI=1S/C21H51N13/c1-22-19(28(4)5)31(10)25-13-16-34(17-14-26-32(11)20(23-2)29(6)7)18-15-27-33(12)21(24-3)30(8)9/h25-27H,13-18H2,1-12H3. The van der Waals surface area contributed by atoms with Crippen molar-refractivity contribution >= 4 is 17.9 Å². The lowest BCUT2D eigenvalue weighted by atomic mass is 10.4. The maximum atomic E-state index is 4.33. The van der Waals surface area contributed by atoms with E-state index < -0.39 is 0 Å². The molecule has 0 aromatic carbocycles. The van der Waals surface area contributed by atoms with Crippen LogP contribution in [0.1, 0.15) is 0 Å². The topological polar surface area (TPSA) is 95.8 Å². The molecule has 0 amide bonds. The molecule has 0 saturated heterocycles. The highest BCUT2D eigenvalue weighted by molar-refractivity contribution is 5.79. The lowest BCUT2D eigenvalue weighted by Gasteiger charge is -2.31. The Hall–Kier alpha value is -2.35. The van der Waals surface area contributed by atoms with Crippen LogP contribution in [0.15, 0.2) is 15.0 Å². The van der Waals surface area contributed by atoms with E-state index in [0.29, 0.717) is 0 Å². The van der Waals surface area contributed by atoms with Gasteiger partial charge in [0.15, 0.2) is 0 Å². The first-order chi connectivity index (χ1) is 16.0. The van der Waals surface area contributed by atoms with E-state index in [0.717, 1.165) is 57.1 Å². The third-order valence-corrected chi connectivity index (χ3v) is 5.03. The predicted molar refractivity (Wildman–Crippen MR) is 145 cm³/mol. The molecule has 0 bridgehead atoms. The van der Waals surface area contributed by atoms with Crippen LogP contribution in [0.3, 0.4) is 0 Å². The Morgan fingerprint density at radius 2 is 0.706 bits per heavy atom. The SMILES string of the molecule is CN=C(N(C)C)N(C)NCCN(CCNN(C)C(=NC)N(C)C)CCNN(C)C(=NC)N(C)C. The van der Waals surface area contributed by atoms with Gasteiger partial charge in [-0.1, -0.05) is 0 Å². The molecule has 0 aliphatic carbocycles. The van der Waals surface area contributed by atoms with Gasteiger partial charge in [-0.05, 0) is 0 Å². The number of guanidine groups is 3. The summed E-state index contributed by atoms with van der Waals surface area (Å²) in [6.45, 7) is 5.05. The van der Waals surface area contributed by atoms with Crippen molar-refractivity contribution < 1.29 is 0 Å². The van der Waals surface area contributed by atoms with Crippen molar-refractivity contribution in [3.8, 4) is 0 Å². The molecular formula is C21H51N13. The smallest absolute Gasteiger partial charge is 0.210 e. The zero-order valence-electron chi connectivity index (χ0n) is 23.7. The molecule has 0 aromatic heterocycles. The quantitative estimate of drug-likeness (QED) is 0.168. The fourth-order valence-corrected chi connectivity index (χ4v) is 3.62. The van der Waals surface area contributed by atoms with Crippen LogP contribution >= 0.6 is 0 Å². The Labute approximate surface area is 208 Å². The molecule has 0 rings (SSSR count). The van der Waals surface area contributed by atoms with Gasteiger partial charge >= 0.3 is 0 Å². The van der Waals surface area contributed by atoms with Crippen LogP contribution in [-0.4, -0.2) is 176 Å². The van der Waals surface area contributed by atoms with Crippen LogP contribution in [0.2, 0.25) is 0 Å². The van der Waals surface area contributed by atoms with Gasteiger partial charge in [0.1, 0.15) is 0 Å². The Balaban J connectivity index is 4.91. The molecule has 0 aliphatic rings. The van der Waals surface area contributed by atoms with Crippen molar-refractivity contribution in [2.45, 2.75) is 0 Å². The van der Waals surface area contributed by atoms with Gasteiger partial charge in [-0.15, -0.1) is 0 Å². The van der Waals surface area contributed by atoms with Crippen LogP contribution in [-0.2, 0) is 0 Å². The van der Waals surface area contributed by atoms with Crippen LogP contribution in [0.25, 0.3) is 0 Å². The number of hydrogen-bond donors (Lipinski definition) is 3. The number of nitrogens with one attached hydrogen (secondary N) is 3. The minimum Gasteiger partial charge on any atom is -0.348 e. The summed E-state index contributed by atoms with van der Waals surface area (Å²) < 4.78 is 0. The second kappa shape index (κ2) is 17.1. The zero-order valence-corrected chi connectivity index (χ0v) is 23.7. The molecule has 0 saturated carbocycles. The minimum atomic E-state index is 0.799. The Morgan fingerprint density at radius 1 is 0.471 bits per heavy atom. The number of aliphatic imine (C=N–C) groups is 3. The average molecular weight is 486 g/mol. The molecule has 13 heteroatoms. The Bertz CT molecular complexity index is 545. The van der Waals surface area contributed by atoms with E-state index in [1.165, 1.54) is 0 Å². The molecule has 0 aromatic rings. The molecule has 0 fully saturated rings. The molecule has 0 heterocycles. The highest BCUT2D eigenvalue weighted by atomic mass is 15.6. The number of nitrogens with zero attached hydrogens (tertiary/aromatic N) is 10. The van der Waals surface area contributed by atoms with Crippen molar-refractivity contribution in [3.63, 3.8) is 0 Å². The zero-order chi connectivity index (χ0) is 26.3. The Kier molecular flexibility index (Phi) is 16.0. The maximum Gasteiger partial charge on any atom is 0.210 e. The van der Waals surface area contributed by atoms with E-state index in [-0.39, 0.29) is 0 Å². The molecule has 0 spiro atoms. The van der Waals surface area contributed by atoms with Crippen molar-refractivity contribution in [2.24, 2.45) is 15.0 Å². The van der Waals surface area contributed by atoms with Gasteiger partial charge in [0.25, 0.3) is 0 Å². The molecular weight excluding hydrogens is 434 g/mol. The fourth-order valence-electron chi connectivity index (χ4n) is 3.62. The molecule has 0 aliphatic heterocycles. The van der Waals surface area contributed by atoms with Crippen LogP contribution in [0.4, 0.5) is 0 Å². The summed E-state index contributed by atoms with van der Waals surface area (Å²) in [5.41, 5.74) is 10.3. The Morgan fingerprint density at radius 3 is 0.882 bits per heavy atom. The third kappa shape index (κ3) is 11.7. The maximum absolute atomic E-state index is 4.33. The first-order valence-corrected chi connectivity index (χ1v) is 11.6. The summed E-state index contributed by atoms with van der Waals surface area (Å²) in [5, 5.41) is 5.87. The monoisotopic (exact) mass is 485 g/mol. The molecule has 34 heavy (non-hydrogen) atoms. The van der Waals surface area contributed by atoms with E-state index in [4.69, 9.17) is 0 Å². The summed E-state index contributed by atoms with van der Waals surface area (Å²) in [5.74, 6) is 2.63. The summed E-state index contributed by atoms with van der Waals surface area (Å²) in [6.07, 6.45) is 0. The molecule has 13 nitrogen and oxygen atoms in total. The summed E-state index contributed by atoms with van der Waals surface area (Å²) in [7, 11) is 23.3. The predicted octanol–water partition coefficient (Wildman–Crippen LogP) is -1.76. The van der Waals surface area contributed by atoms with Gasteiger partial charge in [-0.2, -0.15) is 0 Å². The van der Waals surface area contributed by atoms with E-state index in [2.05, 4.69) is 36.2 Å². The number of hydrazine groups is 3. The van der Waals surface area contributed by atoms with Crippen LogP contribution < -0.4 is 16.3 Å². The second-order valence-corrected chi connectivity index (χ2v) is 8.50. The van der Waals surface area contributed by atoms with Gasteiger partial charge in [-0.3, -0.25) is 34.9 Å². The highest BCUT2D eigenvalue weighted by Gasteiger charge is 2.12. The highest BCUT2D eigenvalue weighted by Crippen LogP contribution is 1.93. The van der Waals surface area contributed by atoms with Crippen molar-refractivity contribution in [1.29, 1.82) is 0 Å². The van der Waals surface area contributed by atoms with Crippen molar-refractivity contribution in [2.75, 3.05) is 124 Å². The fraction of sp³-hybridized carbons (Fsp3) is 0.857. The lowest BCUT2D eigenvalue weighted by Crippen LogP contribution is -2.52. The molecule has 3 N–H and O–H groups in total. The van der Waals surface area contributed by atoms with Crippen LogP contribution in [0.5, 0.6) is 0 Å². The first kappa shape index (κ1) is 31.6. The lowest BCUT2D eigenvalue weighted by molar-refractivity contribution is 0.211. The van der Waals surface area contributed by atoms with E-state index >= 15 is 0 Å². The van der Waals surface area contributed by atoms with Crippen molar-refractivity contribution in [1.82, 2.24) is 50.9 Å². The van der Waals surface area contributed by atoms with E-state index in [1.807, 2.05) is 93.2 Å². The van der Waals surface area contributed by atoms with Gasteiger partial charge in [-0.25, -0.2) is 16.3 Å². The molecule has 0 radical (unpaired) electrons. The molecule has 0 atom stereocenters. The third-order valence-electron chi connectivity index (χ3n) is 5.03. The average Bonchev–Trinajstić information content (AvgIpc) is 2.74.